The highest BCUT2D eigenvalue weighted by molar-refractivity contribution is 5.69. The quantitative estimate of drug-likeness (QED) is 0.817. The first kappa shape index (κ1) is 19.9. The lowest BCUT2D eigenvalue weighted by Gasteiger charge is -2.51. The minimum absolute atomic E-state index is 0.00873. The van der Waals surface area contributed by atoms with Crippen molar-refractivity contribution in [3.8, 4) is 0 Å². The zero-order valence-corrected chi connectivity index (χ0v) is 16.9. The molecular weight excluding hydrogens is 366 g/mol. The first-order valence-corrected chi connectivity index (χ1v) is 10.4. The van der Waals surface area contributed by atoms with Crippen LogP contribution in [0.2, 0.25) is 0 Å². The normalized spacial score (nSPS) is 26.2. The van der Waals surface area contributed by atoms with Crippen LogP contribution in [-0.2, 0) is 28.3 Å². The van der Waals surface area contributed by atoms with Crippen LogP contribution in [0.1, 0.15) is 48.8 Å². The third-order valence-electron chi connectivity index (χ3n) is 6.23. The number of nitrogens with zero attached hydrogens (tertiary/aromatic N) is 1. The van der Waals surface area contributed by atoms with E-state index in [1.165, 1.54) is 0 Å². The Morgan fingerprint density at radius 3 is 2.24 bits per heavy atom. The number of carbonyl (C=O) groups excluding carboxylic acids is 1. The minimum atomic E-state index is -0.905. The van der Waals surface area contributed by atoms with Gasteiger partial charge in [0.15, 0.2) is 0 Å². The lowest BCUT2D eigenvalue weighted by atomic mass is 9.72. The summed E-state index contributed by atoms with van der Waals surface area (Å²) < 4.78 is 10.8. The molecule has 29 heavy (non-hydrogen) atoms. The number of aliphatic hydroxyl groups is 1. The minimum Gasteiger partial charge on any atom is -0.445 e. The van der Waals surface area contributed by atoms with Crippen molar-refractivity contribution in [1.82, 2.24) is 4.90 Å². The fraction of sp³-hybridized carbons (Fsp3) is 0.458. The van der Waals surface area contributed by atoms with Crippen LogP contribution in [0, 0.1) is 0 Å². The Labute approximate surface area is 172 Å². The average Bonchev–Trinajstić information content (AvgIpc) is 2.73. The molecule has 2 aliphatic rings. The third kappa shape index (κ3) is 4.31. The Kier molecular flexibility index (Phi) is 5.88. The van der Waals surface area contributed by atoms with Gasteiger partial charge in [-0.2, -0.15) is 0 Å². The van der Waals surface area contributed by atoms with Crippen molar-refractivity contribution in [2.45, 2.75) is 63.0 Å². The van der Waals surface area contributed by atoms with Crippen LogP contribution in [0.5, 0.6) is 0 Å². The molecule has 0 saturated carbocycles. The highest BCUT2D eigenvalue weighted by Gasteiger charge is 2.48. The van der Waals surface area contributed by atoms with Crippen LogP contribution in [0.4, 0.5) is 4.79 Å². The molecule has 5 nitrogen and oxygen atoms in total. The molecule has 1 N–H and O–H groups in total. The van der Waals surface area contributed by atoms with Gasteiger partial charge in [-0.1, -0.05) is 54.6 Å². The van der Waals surface area contributed by atoms with Gasteiger partial charge in [0.05, 0.1) is 12.2 Å². The van der Waals surface area contributed by atoms with E-state index in [2.05, 4.69) is 0 Å². The van der Waals surface area contributed by atoms with Crippen LogP contribution in [0.25, 0.3) is 0 Å². The second kappa shape index (κ2) is 8.56. The first-order chi connectivity index (χ1) is 14.1. The molecule has 2 fully saturated rings. The molecule has 4 rings (SSSR count). The summed E-state index contributed by atoms with van der Waals surface area (Å²) >= 11 is 0. The number of methoxy groups -OCH3 is 1. The number of piperidine rings is 2. The van der Waals surface area contributed by atoms with Gasteiger partial charge in [0.2, 0.25) is 0 Å². The van der Waals surface area contributed by atoms with Crippen molar-refractivity contribution in [2.75, 3.05) is 7.11 Å². The first-order valence-electron chi connectivity index (χ1n) is 10.4. The Balaban J connectivity index is 1.46. The molecule has 5 heteroatoms. The van der Waals surface area contributed by atoms with Crippen molar-refractivity contribution in [3.05, 3.63) is 71.3 Å². The molecule has 2 saturated heterocycles. The summed E-state index contributed by atoms with van der Waals surface area (Å²) in [6.45, 7) is 0.839. The molecule has 1 amide bonds. The molecule has 0 aliphatic carbocycles. The summed E-state index contributed by atoms with van der Waals surface area (Å²) in [4.78, 5) is 14.7. The molecule has 2 aliphatic heterocycles. The molecule has 2 bridgehead atoms. The van der Waals surface area contributed by atoms with Gasteiger partial charge in [0.25, 0.3) is 0 Å². The topological polar surface area (TPSA) is 59.0 Å². The van der Waals surface area contributed by atoms with E-state index in [1.54, 1.807) is 7.11 Å². The molecule has 2 heterocycles. The van der Waals surface area contributed by atoms with E-state index >= 15 is 0 Å². The number of fused-ring (bicyclic) bond motifs is 2. The van der Waals surface area contributed by atoms with Crippen LogP contribution < -0.4 is 0 Å². The van der Waals surface area contributed by atoms with E-state index in [0.717, 1.165) is 36.0 Å². The SMILES string of the molecule is COCc1ccc(C2(O)CC3CCCC(C2)N3C(=O)OCc2ccccc2)cc1. The number of hydrogen-bond donors (Lipinski definition) is 1. The lowest BCUT2D eigenvalue weighted by molar-refractivity contribution is -0.0896. The molecule has 0 radical (unpaired) electrons. The van der Waals surface area contributed by atoms with E-state index < -0.39 is 5.60 Å². The van der Waals surface area contributed by atoms with Crippen LogP contribution in [0.3, 0.4) is 0 Å². The Morgan fingerprint density at radius 2 is 1.62 bits per heavy atom. The number of ether oxygens (including phenoxy) is 2. The van der Waals surface area contributed by atoms with E-state index in [0.29, 0.717) is 19.4 Å². The average molecular weight is 395 g/mol. The molecule has 154 valence electrons. The van der Waals surface area contributed by atoms with Crippen LogP contribution in [-0.4, -0.2) is 35.3 Å². The molecule has 2 unspecified atom stereocenters. The van der Waals surface area contributed by atoms with Crippen molar-refractivity contribution in [1.29, 1.82) is 0 Å². The smallest absolute Gasteiger partial charge is 0.410 e. The fourth-order valence-electron chi connectivity index (χ4n) is 4.83. The highest BCUT2D eigenvalue weighted by Crippen LogP contribution is 2.44. The van der Waals surface area contributed by atoms with Crippen molar-refractivity contribution in [2.24, 2.45) is 0 Å². The van der Waals surface area contributed by atoms with E-state index in [-0.39, 0.29) is 24.8 Å². The summed E-state index contributed by atoms with van der Waals surface area (Å²) in [5.41, 5.74) is 2.08. The zero-order chi connectivity index (χ0) is 20.3. The predicted octanol–water partition coefficient (Wildman–Crippen LogP) is 4.37. The Morgan fingerprint density at radius 1 is 1.00 bits per heavy atom. The number of hydrogen-bond acceptors (Lipinski definition) is 4. The second-order valence-electron chi connectivity index (χ2n) is 8.26. The second-order valence-corrected chi connectivity index (χ2v) is 8.26. The predicted molar refractivity (Wildman–Crippen MR) is 110 cm³/mol. The zero-order valence-electron chi connectivity index (χ0n) is 16.9. The van der Waals surface area contributed by atoms with Gasteiger partial charge in [0, 0.05) is 32.0 Å². The van der Waals surface area contributed by atoms with Crippen molar-refractivity contribution in [3.63, 3.8) is 0 Å². The summed E-state index contributed by atoms with van der Waals surface area (Å²) in [5.74, 6) is 0. The molecule has 2 aromatic rings. The Bertz CT molecular complexity index is 807. The van der Waals surface area contributed by atoms with Gasteiger partial charge < -0.3 is 19.5 Å². The maximum atomic E-state index is 12.9. The van der Waals surface area contributed by atoms with Crippen molar-refractivity contribution < 1.29 is 19.4 Å². The largest absolute Gasteiger partial charge is 0.445 e. The van der Waals surface area contributed by atoms with Crippen molar-refractivity contribution >= 4 is 6.09 Å². The molecule has 0 aromatic heterocycles. The lowest BCUT2D eigenvalue weighted by Crippen LogP contribution is -2.58. The number of amides is 1. The number of rotatable bonds is 5. The maximum absolute atomic E-state index is 12.9. The molecular formula is C24H29NO4. The number of benzene rings is 2. The number of carbonyl (C=O) groups is 1. The van der Waals surface area contributed by atoms with E-state index in [9.17, 15) is 9.90 Å². The summed E-state index contributed by atoms with van der Waals surface area (Å²) in [7, 11) is 1.68. The van der Waals surface area contributed by atoms with Crippen LogP contribution in [0.15, 0.2) is 54.6 Å². The van der Waals surface area contributed by atoms with Gasteiger partial charge in [0.1, 0.15) is 6.61 Å². The van der Waals surface area contributed by atoms with Gasteiger partial charge in [-0.25, -0.2) is 4.79 Å². The summed E-state index contributed by atoms with van der Waals surface area (Å²) in [6.07, 6.45) is 3.73. The third-order valence-corrected chi connectivity index (χ3v) is 6.23. The maximum Gasteiger partial charge on any atom is 0.410 e. The fourth-order valence-corrected chi connectivity index (χ4v) is 4.83. The van der Waals surface area contributed by atoms with Gasteiger partial charge in [-0.15, -0.1) is 0 Å². The summed E-state index contributed by atoms with van der Waals surface area (Å²) in [5, 5.41) is 11.5. The summed E-state index contributed by atoms with van der Waals surface area (Å²) in [6, 6.07) is 17.8. The van der Waals surface area contributed by atoms with E-state index in [1.807, 2.05) is 59.5 Å². The van der Waals surface area contributed by atoms with E-state index in [4.69, 9.17) is 9.47 Å². The van der Waals surface area contributed by atoms with Gasteiger partial charge in [-0.3, -0.25) is 0 Å². The van der Waals surface area contributed by atoms with Gasteiger partial charge in [-0.05, 0) is 36.0 Å². The molecule has 2 aromatic carbocycles. The van der Waals surface area contributed by atoms with Crippen LogP contribution >= 0.6 is 0 Å². The monoisotopic (exact) mass is 395 g/mol. The molecule has 0 spiro atoms. The van der Waals surface area contributed by atoms with Gasteiger partial charge >= 0.3 is 6.09 Å². The molecule has 2 atom stereocenters. The highest BCUT2D eigenvalue weighted by atomic mass is 16.6. The Hall–Kier alpha value is -2.37. The standard InChI is InChI=1S/C24H29NO4/c1-28-16-19-10-12-20(13-11-19)24(27)14-21-8-5-9-22(15-24)25(21)23(26)29-17-18-6-3-2-4-7-18/h2-4,6-7,10-13,21-22,27H,5,8-9,14-17H2,1H3.